The number of hydrogen-bond donors (Lipinski definition) is 0. The summed E-state index contributed by atoms with van der Waals surface area (Å²) in [5.74, 6) is -2.31. The van der Waals surface area contributed by atoms with E-state index in [0.29, 0.717) is 6.61 Å². The smallest absolute Gasteiger partial charge is 0.303 e. The van der Waals surface area contributed by atoms with Crippen LogP contribution in [0.3, 0.4) is 0 Å². The monoisotopic (exact) mass is 460 g/mol. The fourth-order valence-electron chi connectivity index (χ4n) is 3.45. The van der Waals surface area contributed by atoms with Crippen molar-refractivity contribution in [3.8, 4) is 0 Å². The van der Waals surface area contributed by atoms with Gasteiger partial charge in [0.15, 0.2) is 24.6 Å². The summed E-state index contributed by atoms with van der Waals surface area (Å²) in [5, 5.41) is 0. The number of ether oxygens (including phenoxy) is 6. The summed E-state index contributed by atoms with van der Waals surface area (Å²) in [6, 6.07) is 0. The zero-order valence-corrected chi connectivity index (χ0v) is 19.8. The zero-order chi connectivity index (χ0) is 24.3. The second kappa shape index (κ2) is 14.1. The molecule has 10 nitrogen and oxygen atoms in total. The van der Waals surface area contributed by atoms with Gasteiger partial charge in [-0.3, -0.25) is 19.2 Å². The molecule has 32 heavy (non-hydrogen) atoms. The lowest BCUT2D eigenvalue weighted by atomic mass is 9.97. The Morgan fingerprint density at radius 2 is 1.38 bits per heavy atom. The van der Waals surface area contributed by atoms with Gasteiger partial charge in [0.2, 0.25) is 0 Å². The topological polar surface area (TPSA) is 124 Å². The van der Waals surface area contributed by atoms with Crippen molar-refractivity contribution in [3.05, 3.63) is 0 Å². The molecule has 0 aliphatic carbocycles. The SMILES string of the molecule is CCCCC(CC)CO[C@@H]1O[C@H](COC(C)=O)[C@H](OC(C)=O)[C@H](OC(C)=O)[C@H]1OC(C)=O. The average Bonchev–Trinajstić information content (AvgIpc) is 2.69. The summed E-state index contributed by atoms with van der Waals surface area (Å²) < 4.78 is 33.1. The van der Waals surface area contributed by atoms with Gasteiger partial charge in [0, 0.05) is 27.7 Å². The van der Waals surface area contributed by atoms with Crippen LogP contribution in [0.5, 0.6) is 0 Å². The molecule has 0 amide bonds. The summed E-state index contributed by atoms with van der Waals surface area (Å²) >= 11 is 0. The highest BCUT2D eigenvalue weighted by Crippen LogP contribution is 2.30. The molecule has 1 aliphatic rings. The molecule has 1 fully saturated rings. The van der Waals surface area contributed by atoms with Crippen molar-refractivity contribution >= 4 is 23.9 Å². The first-order chi connectivity index (χ1) is 15.1. The van der Waals surface area contributed by atoms with Crippen molar-refractivity contribution in [1.82, 2.24) is 0 Å². The Bertz CT molecular complexity index is 634. The molecule has 0 radical (unpaired) electrons. The molecule has 1 unspecified atom stereocenters. The quantitative estimate of drug-likeness (QED) is 0.316. The molecule has 184 valence electrons. The lowest BCUT2D eigenvalue weighted by molar-refractivity contribution is -0.310. The molecule has 0 aromatic rings. The minimum Gasteiger partial charge on any atom is -0.463 e. The van der Waals surface area contributed by atoms with Crippen LogP contribution in [0, 0.1) is 5.92 Å². The lowest BCUT2D eigenvalue weighted by Gasteiger charge is -2.44. The molecule has 1 aliphatic heterocycles. The predicted octanol–water partition coefficient (Wildman–Crippen LogP) is 2.30. The number of unbranched alkanes of at least 4 members (excludes halogenated alkanes) is 1. The fourth-order valence-corrected chi connectivity index (χ4v) is 3.45. The first-order valence-electron chi connectivity index (χ1n) is 11.0. The first kappa shape index (κ1) is 27.8. The Hall–Kier alpha value is -2.20. The van der Waals surface area contributed by atoms with Gasteiger partial charge in [-0.1, -0.05) is 33.1 Å². The molecular formula is C22H36O10. The Labute approximate surface area is 189 Å². The van der Waals surface area contributed by atoms with Gasteiger partial charge in [0.1, 0.15) is 12.7 Å². The molecule has 0 aromatic carbocycles. The van der Waals surface area contributed by atoms with Gasteiger partial charge < -0.3 is 28.4 Å². The Balaban J connectivity index is 3.21. The molecule has 10 heteroatoms. The van der Waals surface area contributed by atoms with Crippen molar-refractivity contribution in [2.24, 2.45) is 5.92 Å². The van der Waals surface area contributed by atoms with E-state index >= 15 is 0 Å². The number of carbonyl (C=O) groups excluding carboxylic acids is 4. The van der Waals surface area contributed by atoms with Crippen molar-refractivity contribution in [1.29, 1.82) is 0 Å². The Kier molecular flexibility index (Phi) is 12.2. The predicted molar refractivity (Wildman–Crippen MR) is 111 cm³/mol. The number of hydrogen-bond acceptors (Lipinski definition) is 10. The highest BCUT2D eigenvalue weighted by Gasteiger charge is 2.52. The fraction of sp³-hybridized carbons (Fsp3) is 0.818. The second-order valence-electron chi connectivity index (χ2n) is 7.82. The van der Waals surface area contributed by atoms with E-state index in [4.69, 9.17) is 28.4 Å². The number of esters is 4. The van der Waals surface area contributed by atoms with Crippen LogP contribution < -0.4 is 0 Å². The zero-order valence-electron chi connectivity index (χ0n) is 19.8. The molecule has 0 bridgehead atoms. The van der Waals surface area contributed by atoms with Gasteiger partial charge in [-0.25, -0.2) is 0 Å². The molecule has 0 N–H and O–H groups in total. The summed E-state index contributed by atoms with van der Waals surface area (Å²) in [7, 11) is 0. The minimum atomic E-state index is -1.21. The maximum Gasteiger partial charge on any atom is 0.303 e. The van der Waals surface area contributed by atoms with Crippen molar-refractivity contribution in [3.63, 3.8) is 0 Å². The lowest BCUT2D eigenvalue weighted by Crippen LogP contribution is -2.63. The van der Waals surface area contributed by atoms with E-state index < -0.39 is 54.6 Å². The van der Waals surface area contributed by atoms with Crippen LogP contribution in [0.15, 0.2) is 0 Å². The van der Waals surface area contributed by atoms with Crippen LogP contribution in [-0.2, 0) is 47.6 Å². The average molecular weight is 461 g/mol. The number of rotatable bonds is 12. The normalized spacial score (nSPS) is 26.0. The molecule has 1 heterocycles. The van der Waals surface area contributed by atoms with E-state index in [-0.39, 0.29) is 12.5 Å². The highest BCUT2D eigenvalue weighted by molar-refractivity contribution is 5.68. The van der Waals surface area contributed by atoms with Crippen LogP contribution in [0.2, 0.25) is 0 Å². The van der Waals surface area contributed by atoms with Crippen LogP contribution in [0.1, 0.15) is 67.2 Å². The molecule has 6 atom stereocenters. The molecule has 1 saturated heterocycles. The van der Waals surface area contributed by atoms with Crippen LogP contribution in [-0.4, -0.2) is 67.8 Å². The Morgan fingerprint density at radius 3 is 1.88 bits per heavy atom. The summed E-state index contributed by atoms with van der Waals surface area (Å²) in [6.07, 6.45) is -1.76. The maximum atomic E-state index is 11.8. The minimum absolute atomic E-state index is 0.252. The van der Waals surface area contributed by atoms with E-state index in [0.717, 1.165) is 25.7 Å². The highest BCUT2D eigenvalue weighted by atomic mass is 16.7. The van der Waals surface area contributed by atoms with Gasteiger partial charge in [0.25, 0.3) is 0 Å². The second-order valence-corrected chi connectivity index (χ2v) is 7.82. The van der Waals surface area contributed by atoms with E-state index in [1.54, 1.807) is 0 Å². The van der Waals surface area contributed by atoms with Gasteiger partial charge in [-0.15, -0.1) is 0 Å². The molecule has 0 aromatic heterocycles. The van der Waals surface area contributed by atoms with Gasteiger partial charge >= 0.3 is 23.9 Å². The van der Waals surface area contributed by atoms with E-state index in [9.17, 15) is 19.2 Å². The molecular weight excluding hydrogens is 424 g/mol. The van der Waals surface area contributed by atoms with Crippen molar-refractivity contribution < 1.29 is 47.6 Å². The summed E-state index contributed by atoms with van der Waals surface area (Å²) in [4.78, 5) is 46.7. The van der Waals surface area contributed by atoms with Crippen LogP contribution >= 0.6 is 0 Å². The van der Waals surface area contributed by atoms with Crippen LogP contribution in [0.4, 0.5) is 0 Å². The van der Waals surface area contributed by atoms with Crippen molar-refractivity contribution in [2.75, 3.05) is 13.2 Å². The molecule has 0 spiro atoms. The molecule has 0 saturated carbocycles. The van der Waals surface area contributed by atoms with E-state index in [2.05, 4.69) is 13.8 Å². The van der Waals surface area contributed by atoms with E-state index in [1.807, 2.05) is 0 Å². The largest absolute Gasteiger partial charge is 0.463 e. The third-order valence-electron chi connectivity index (χ3n) is 4.99. The summed E-state index contributed by atoms with van der Waals surface area (Å²) in [6.45, 7) is 8.99. The summed E-state index contributed by atoms with van der Waals surface area (Å²) in [5.41, 5.74) is 0. The van der Waals surface area contributed by atoms with Crippen LogP contribution in [0.25, 0.3) is 0 Å². The first-order valence-corrected chi connectivity index (χ1v) is 11.0. The van der Waals surface area contributed by atoms with Gasteiger partial charge in [-0.05, 0) is 12.3 Å². The van der Waals surface area contributed by atoms with Gasteiger partial charge in [0.05, 0.1) is 6.61 Å². The van der Waals surface area contributed by atoms with Gasteiger partial charge in [-0.2, -0.15) is 0 Å². The van der Waals surface area contributed by atoms with E-state index in [1.165, 1.54) is 27.7 Å². The van der Waals surface area contributed by atoms with Crippen molar-refractivity contribution in [2.45, 2.75) is 97.9 Å². The third kappa shape index (κ3) is 9.52. The maximum absolute atomic E-state index is 11.8. The third-order valence-corrected chi connectivity index (χ3v) is 4.99. The Morgan fingerprint density at radius 1 is 0.812 bits per heavy atom. The molecule has 1 rings (SSSR count). The standard InChI is InChI=1S/C22H36O10/c1-7-9-10-17(8-2)11-28-22-21(31-16(6)26)20(30-15(5)25)19(29-14(4)24)18(32-22)12-27-13(3)23/h17-22H,7-12H2,1-6H3/t17?,18-,19+,20+,21-,22-/m1/s1. The number of carbonyl (C=O) groups is 4.